The molecule has 0 aliphatic heterocycles. The minimum absolute atomic E-state index is 0.0154. The van der Waals surface area contributed by atoms with Crippen molar-refractivity contribution in [3.8, 4) is 16.3 Å². The molecule has 122 valence electrons. The molecule has 0 saturated carbocycles. The number of thiazole rings is 1. The molecule has 24 heavy (non-hydrogen) atoms. The lowest BCUT2D eigenvalue weighted by Gasteiger charge is -2.10. The molecule has 2 aromatic carbocycles. The summed E-state index contributed by atoms with van der Waals surface area (Å²) in [7, 11) is 0. The lowest BCUT2D eigenvalue weighted by molar-refractivity contribution is -0.118. The van der Waals surface area contributed by atoms with Gasteiger partial charge in [0, 0.05) is 22.8 Å². The van der Waals surface area contributed by atoms with Crippen LogP contribution in [0.5, 0.6) is 5.75 Å². The SMILES string of the molecule is Cc1ccc(C)c(OCC(=O)Nc2ccc(-c3nccs3)cc2)c1. The minimum atomic E-state index is -0.182. The van der Waals surface area contributed by atoms with E-state index < -0.39 is 0 Å². The number of aryl methyl sites for hydroxylation is 2. The summed E-state index contributed by atoms with van der Waals surface area (Å²) in [4.78, 5) is 16.3. The average Bonchev–Trinajstić information content (AvgIpc) is 3.11. The van der Waals surface area contributed by atoms with E-state index in [0.717, 1.165) is 33.1 Å². The number of amides is 1. The van der Waals surface area contributed by atoms with Crippen LogP contribution in [0.25, 0.3) is 10.6 Å². The van der Waals surface area contributed by atoms with Gasteiger partial charge in [-0.2, -0.15) is 0 Å². The summed E-state index contributed by atoms with van der Waals surface area (Å²) >= 11 is 1.59. The van der Waals surface area contributed by atoms with Crippen molar-refractivity contribution in [3.63, 3.8) is 0 Å². The number of aromatic nitrogens is 1. The first-order chi connectivity index (χ1) is 11.6. The number of hydrogen-bond donors (Lipinski definition) is 1. The van der Waals surface area contributed by atoms with Crippen molar-refractivity contribution in [2.45, 2.75) is 13.8 Å². The monoisotopic (exact) mass is 338 g/mol. The Bertz CT molecular complexity index is 827. The van der Waals surface area contributed by atoms with Crippen molar-refractivity contribution >= 4 is 22.9 Å². The molecule has 3 rings (SSSR count). The summed E-state index contributed by atoms with van der Waals surface area (Å²) < 4.78 is 5.61. The second-order valence-corrected chi connectivity index (χ2v) is 6.41. The Labute approximate surface area is 145 Å². The van der Waals surface area contributed by atoms with Crippen LogP contribution in [0.15, 0.2) is 54.0 Å². The summed E-state index contributed by atoms with van der Waals surface area (Å²) in [6.45, 7) is 3.94. The van der Waals surface area contributed by atoms with Gasteiger partial charge in [0.1, 0.15) is 10.8 Å². The maximum Gasteiger partial charge on any atom is 0.262 e. The number of hydrogen-bond acceptors (Lipinski definition) is 4. The van der Waals surface area contributed by atoms with Crippen LogP contribution in [0.1, 0.15) is 11.1 Å². The van der Waals surface area contributed by atoms with E-state index in [0.29, 0.717) is 0 Å². The first kappa shape index (κ1) is 16.2. The largest absolute Gasteiger partial charge is 0.483 e. The number of nitrogens with one attached hydrogen (secondary N) is 1. The Kier molecular flexibility index (Phi) is 4.91. The molecule has 0 aliphatic carbocycles. The molecule has 0 unspecified atom stereocenters. The van der Waals surface area contributed by atoms with Crippen LogP contribution < -0.4 is 10.1 Å². The van der Waals surface area contributed by atoms with E-state index in [1.165, 1.54) is 0 Å². The Morgan fingerprint density at radius 2 is 1.96 bits per heavy atom. The molecule has 0 aliphatic rings. The van der Waals surface area contributed by atoms with Gasteiger partial charge in [0.25, 0.3) is 5.91 Å². The standard InChI is InChI=1S/C19H18N2O2S/c1-13-3-4-14(2)17(11-13)23-12-18(22)21-16-7-5-15(6-8-16)19-20-9-10-24-19/h3-11H,12H2,1-2H3,(H,21,22). The number of carbonyl (C=O) groups is 1. The molecule has 5 heteroatoms. The van der Waals surface area contributed by atoms with E-state index in [-0.39, 0.29) is 12.5 Å². The third-order valence-electron chi connectivity index (χ3n) is 3.55. The lowest BCUT2D eigenvalue weighted by Crippen LogP contribution is -2.20. The van der Waals surface area contributed by atoms with E-state index in [1.54, 1.807) is 17.5 Å². The Hall–Kier alpha value is -2.66. The van der Waals surface area contributed by atoms with Gasteiger partial charge < -0.3 is 10.1 Å². The number of anilines is 1. The average molecular weight is 338 g/mol. The van der Waals surface area contributed by atoms with Gasteiger partial charge >= 0.3 is 0 Å². The second-order valence-electron chi connectivity index (χ2n) is 5.52. The number of carbonyl (C=O) groups excluding carboxylic acids is 1. The molecule has 4 nitrogen and oxygen atoms in total. The van der Waals surface area contributed by atoms with Crippen LogP contribution in [-0.2, 0) is 4.79 Å². The fourth-order valence-electron chi connectivity index (χ4n) is 2.27. The summed E-state index contributed by atoms with van der Waals surface area (Å²) in [5.74, 6) is 0.558. The van der Waals surface area contributed by atoms with Gasteiger partial charge in [0.05, 0.1) is 0 Å². The van der Waals surface area contributed by atoms with Crippen molar-refractivity contribution in [1.29, 1.82) is 0 Å². The molecule has 0 saturated heterocycles. The first-order valence-corrected chi connectivity index (χ1v) is 8.49. The third-order valence-corrected chi connectivity index (χ3v) is 4.37. The molecule has 1 amide bonds. The van der Waals surface area contributed by atoms with E-state index in [4.69, 9.17) is 4.74 Å². The van der Waals surface area contributed by atoms with Crippen LogP contribution in [0.3, 0.4) is 0 Å². The normalized spacial score (nSPS) is 10.4. The van der Waals surface area contributed by atoms with Crippen LogP contribution >= 0.6 is 11.3 Å². The third kappa shape index (κ3) is 4.00. The van der Waals surface area contributed by atoms with Crippen molar-refractivity contribution in [3.05, 3.63) is 65.2 Å². The highest BCUT2D eigenvalue weighted by atomic mass is 32.1. The maximum atomic E-state index is 12.0. The fourth-order valence-corrected chi connectivity index (χ4v) is 2.91. The Morgan fingerprint density at radius 1 is 1.17 bits per heavy atom. The summed E-state index contributed by atoms with van der Waals surface area (Å²) in [5, 5.41) is 5.74. The zero-order valence-electron chi connectivity index (χ0n) is 13.6. The summed E-state index contributed by atoms with van der Waals surface area (Å²) in [6, 6.07) is 13.6. The van der Waals surface area contributed by atoms with E-state index in [2.05, 4.69) is 10.3 Å². The van der Waals surface area contributed by atoms with Crippen molar-refractivity contribution in [1.82, 2.24) is 4.98 Å². The second kappa shape index (κ2) is 7.27. The van der Waals surface area contributed by atoms with E-state index >= 15 is 0 Å². The zero-order valence-corrected chi connectivity index (χ0v) is 14.4. The molecule has 0 radical (unpaired) electrons. The quantitative estimate of drug-likeness (QED) is 0.748. The fraction of sp³-hybridized carbons (Fsp3) is 0.158. The van der Waals surface area contributed by atoms with Gasteiger partial charge in [-0.15, -0.1) is 11.3 Å². The molecule has 0 fully saturated rings. The zero-order chi connectivity index (χ0) is 16.9. The smallest absolute Gasteiger partial charge is 0.262 e. The van der Waals surface area contributed by atoms with Gasteiger partial charge in [-0.05, 0) is 55.3 Å². The van der Waals surface area contributed by atoms with Gasteiger partial charge in [-0.25, -0.2) is 4.98 Å². The molecule has 0 atom stereocenters. The van der Waals surface area contributed by atoms with Crippen molar-refractivity contribution in [2.24, 2.45) is 0 Å². The molecule has 0 bridgehead atoms. The van der Waals surface area contributed by atoms with Gasteiger partial charge in [0.15, 0.2) is 6.61 Å². The van der Waals surface area contributed by atoms with Gasteiger partial charge in [-0.1, -0.05) is 12.1 Å². The van der Waals surface area contributed by atoms with Crippen LogP contribution in [-0.4, -0.2) is 17.5 Å². The molecule has 1 N–H and O–H groups in total. The van der Waals surface area contributed by atoms with Crippen molar-refractivity contribution in [2.75, 3.05) is 11.9 Å². The predicted octanol–water partition coefficient (Wildman–Crippen LogP) is 4.44. The highest BCUT2D eigenvalue weighted by Crippen LogP contribution is 2.23. The number of benzene rings is 2. The van der Waals surface area contributed by atoms with Gasteiger partial charge in [0.2, 0.25) is 0 Å². The maximum absolute atomic E-state index is 12.0. The minimum Gasteiger partial charge on any atom is -0.483 e. The van der Waals surface area contributed by atoms with Crippen molar-refractivity contribution < 1.29 is 9.53 Å². The lowest BCUT2D eigenvalue weighted by atomic mass is 10.1. The predicted molar refractivity (Wildman–Crippen MR) is 97.6 cm³/mol. The topological polar surface area (TPSA) is 51.2 Å². The van der Waals surface area contributed by atoms with E-state index in [1.807, 2.05) is 61.7 Å². The Balaban J connectivity index is 1.58. The molecule has 3 aromatic rings. The number of ether oxygens (including phenoxy) is 1. The molecular weight excluding hydrogens is 320 g/mol. The highest BCUT2D eigenvalue weighted by molar-refractivity contribution is 7.13. The molecule has 1 aromatic heterocycles. The summed E-state index contributed by atoms with van der Waals surface area (Å²) in [6.07, 6.45) is 1.78. The first-order valence-electron chi connectivity index (χ1n) is 7.61. The molecular formula is C19H18N2O2S. The van der Waals surface area contributed by atoms with Crippen LogP contribution in [0.2, 0.25) is 0 Å². The highest BCUT2D eigenvalue weighted by Gasteiger charge is 2.07. The number of rotatable bonds is 5. The Morgan fingerprint density at radius 3 is 2.67 bits per heavy atom. The molecule has 0 spiro atoms. The summed E-state index contributed by atoms with van der Waals surface area (Å²) in [5.41, 5.74) is 3.90. The number of nitrogens with zero attached hydrogens (tertiary/aromatic N) is 1. The van der Waals surface area contributed by atoms with Crippen LogP contribution in [0, 0.1) is 13.8 Å². The van der Waals surface area contributed by atoms with Gasteiger partial charge in [-0.3, -0.25) is 4.79 Å². The molecule has 1 heterocycles. The van der Waals surface area contributed by atoms with E-state index in [9.17, 15) is 4.79 Å². The van der Waals surface area contributed by atoms with Crippen LogP contribution in [0.4, 0.5) is 5.69 Å².